The molecule has 2 aromatic rings. The van der Waals surface area contributed by atoms with Gasteiger partial charge in [0.1, 0.15) is 11.4 Å². The first kappa shape index (κ1) is 15.3. The maximum atomic E-state index is 13.0. The Morgan fingerprint density at radius 2 is 2.12 bits per heavy atom. The van der Waals surface area contributed by atoms with Crippen LogP contribution in [0.1, 0.15) is 39.4 Å². The Labute approximate surface area is 141 Å². The lowest BCUT2D eigenvalue weighted by atomic mass is 9.93. The van der Waals surface area contributed by atoms with Crippen molar-refractivity contribution in [2.45, 2.75) is 32.3 Å². The first-order valence-electron chi connectivity index (χ1n) is 8.41. The maximum absolute atomic E-state index is 13.0. The summed E-state index contributed by atoms with van der Waals surface area (Å²) in [6.07, 6.45) is 3.58. The second-order valence-corrected chi connectivity index (χ2v) is 6.64. The molecule has 0 saturated carbocycles. The molecule has 24 heavy (non-hydrogen) atoms. The summed E-state index contributed by atoms with van der Waals surface area (Å²) >= 11 is 0. The van der Waals surface area contributed by atoms with E-state index in [1.165, 1.54) is 11.1 Å². The Bertz CT molecular complexity index is 801. The van der Waals surface area contributed by atoms with Crippen molar-refractivity contribution in [2.24, 2.45) is 0 Å². The highest BCUT2D eigenvalue weighted by Crippen LogP contribution is 2.42. The smallest absolute Gasteiger partial charge is 0.257 e. The summed E-state index contributed by atoms with van der Waals surface area (Å²) in [4.78, 5) is 23.4. The van der Waals surface area contributed by atoms with Crippen molar-refractivity contribution >= 4 is 5.91 Å². The van der Waals surface area contributed by atoms with E-state index in [9.17, 15) is 4.79 Å². The molecule has 1 aromatic carbocycles. The van der Waals surface area contributed by atoms with Gasteiger partial charge in [-0.2, -0.15) is 0 Å². The third-order valence-corrected chi connectivity index (χ3v) is 5.11. The summed E-state index contributed by atoms with van der Waals surface area (Å²) in [7, 11) is 0. The molecule has 0 bridgehead atoms. The molecular weight excluding hydrogens is 302 g/mol. The van der Waals surface area contributed by atoms with Crippen LogP contribution in [0.25, 0.3) is 0 Å². The zero-order chi connectivity index (χ0) is 16.7. The number of rotatable bonds is 1. The van der Waals surface area contributed by atoms with E-state index >= 15 is 0 Å². The minimum atomic E-state index is -0.357. The topological polar surface area (TPSA) is 55.3 Å². The number of aryl methyl sites for hydroxylation is 3. The van der Waals surface area contributed by atoms with Crippen LogP contribution in [0, 0.1) is 13.8 Å². The summed E-state index contributed by atoms with van der Waals surface area (Å²) in [5, 5.41) is 0. The molecule has 2 aliphatic rings. The Morgan fingerprint density at radius 1 is 1.29 bits per heavy atom. The van der Waals surface area contributed by atoms with Gasteiger partial charge in [0.05, 0.1) is 24.4 Å². The largest absolute Gasteiger partial charge is 0.367 e. The van der Waals surface area contributed by atoms with Gasteiger partial charge in [-0.05, 0) is 37.8 Å². The van der Waals surface area contributed by atoms with Crippen LogP contribution in [0.15, 0.2) is 30.5 Å². The van der Waals surface area contributed by atoms with Gasteiger partial charge in [0.25, 0.3) is 5.91 Å². The average molecular weight is 323 g/mol. The number of carbonyl (C=O) groups excluding carboxylic acids is 1. The summed E-state index contributed by atoms with van der Waals surface area (Å²) in [6.45, 7) is 5.46. The normalized spacial score (nSPS) is 22.7. The molecular formula is C19H21N3O2. The van der Waals surface area contributed by atoms with Gasteiger partial charge in [0.15, 0.2) is 0 Å². The van der Waals surface area contributed by atoms with E-state index in [1.807, 2.05) is 24.8 Å². The minimum absolute atomic E-state index is 0.000411. The molecule has 1 aliphatic carbocycles. The predicted molar refractivity (Wildman–Crippen MR) is 89.8 cm³/mol. The Kier molecular flexibility index (Phi) is 3.61. The Balaban J connectivity index is 1.63. The molecule has 1 fully saturated rings. The van der Waals surface area contributed by atoms with E-state index in [0.29, 0.717) is 31.1 Å². The highest BCUT2D eigenvalue weighted by molar-refractivity contribution is 5.95. The molecule has 5 nitrogen and oxygen atoms in total. The van der Waals surface area contributed by atoms with Crippen LogP contribution in [0.4, 0.5) is 0 Å². The van der Waals surface area contributed by atoms with E-state index < -0.39 is 0 Å². The number of carbonyl (C=O) groups is 1. The van der Waals surface area contributed by atoms with Crippen LogP contribution >= 0.6 is 0 Å². The van der Waals surface area contributed by atoms with E-state index in [0.717, 1.165) is 18.5 Å². The average Bonchev–Trinajstić information content (AvgIpc) is 2.93. The molecule has 1 aromatic heterocycles. The number of morpholine rings is 1. The lowest BCUT2D eigenvalue weighted by Gasteiger charge is -2.41. The number of benzene rings is 1. The van der Waals surface area contributed by atoms with Gasteiger partial charge in [-0.3, -0.25) is 4.79 Å². The molecule has 0 N–H and O–H groups in total. The fourth-order valence-electron chi connectivity index (χ4n) is 3.89. The zero-order valence-corrected chi connectivity index (χ0v) is 14.1. The Morgan fingerprint density at radius 3 is 2.96 bits per heavy atom. The molecule has 1 unspecified atom stereocenters. The van der Waals surface area contributed by atoms with Gasteiger partial charge in [0, 0.05) is 12.7 Å². The van der Waals surface area contributed by atoms with Crippen molar-refractivity contribution in [2.75, 3.05) is 19.7 Å². The van der Waals surface area contributed by atoms with Crippen molar-refractivity contribution in [3.63, 3.8) is 0 Å². The van der Waals surface area contributed by atoms with Crippen molar-refractivity contribution in [3.05, 3.63) is 58.7 Å². The van der Waals surface area contributed by atoms with Crippen LogP contribution < -0.4 is 0 Å². The zero-order valence-electron chi connectivity index (χ0n) is 14.1. The van der Waals surface area contributed by atoms with Gasteiger partial charge in [0.2, 0.25) is 0 Å². The van der Waals surface area contributed by atoms with Crippen molar-refractivity contribution in [3.8, 4) is 0 Å². The highest BCUT2D eigenvalue weighted by Gasteiger charge is 2.44. The molecule has 1 aliphatic heterocycles. The first-order chi connectivity index (χ1) is 11.6. The molecule has 5 heteroatoms. The molecule has 1 spiro atoms. The molecule has 0 radical (unpaired) electrons. The second kappa shape index (κ2) is 5.67. The summed E-state index contributed by atoms with van der Waals surface area (Å²) in [5.41, 5.74) is 3.54. The van der Waals surface area contributed by atoms with E-state index in [1.54, 1.807) is 6.20 Å². The molecule has 1 saturated heterocycles. The number of ether oxygens (including phenoxy) is 1. The monoisotopic (exact) mass is 323 g/mol. The molecule has 1 atom stereocenters. The minimum Gasteiger partial charge on any atom is -0.367 e. The quantitative estimate of drug-likeness (QED) is 0.809. The molecule has 2 heterocycles. The predicted octanol–water partition coefficient (Wildman–Crippen LogP) is 2.41. The van der Waals surface area contributed by atoms with Gasteiger partial charge < -0.3 is 9.64 Å². The van der Waals surface area contributed by atoms with Gasteiger partial charge in [-0.15, -0.1) is 0 Å². The number of hydrogen-bond acceptors (Lipinski definition) is 4. The molecule has 1 amide bonds. The fraction of sp³-hybridized carbons (Fsp3) is 0.421. The van der Waals surface area contributed by atoms with Crippen LogP contribution in [-0.2, 0) is 16.8 Å². The van der Waals surface area contributed by atoms with Crippen LogP contribution in [0.5, 0.6) is 0 Å². The van der Waals surface area contributed by atoms with Gasteiger partial charge in [-0.1, -0.05) is 24.3 Å². The van der Waals surface area contributed by atoms with Gasteiger partial charge >= 0.3 is 0 Å². The van der Waals surface area contributed by atoms with Crippen LogP contribution in [0.3, 0.4) is 0 Å². The molecule has 124 valence electrons. The highest BCUT2D eigenvalue weighted by atomic mass is 16.5. The third kappa shape index (κ3) is 2.40. The lowest BCUT2D eigenvalue weighted by molar-refractivity contribution is -0.103. The number of fused-ring (bicyclic) bond motifs is 2. The van der Waals surface area contributed by atoms with E-state index in [2.05, 4.69) is 28.2 Å². The second-order valence-electron chi connectivity index (χ2n) is 6.64. The maximum Gasteiger partial charge on any atom is 0.257 e. The van der Waals surface area contributed by atoms with Crippen molar-refractivity contribution in [1.29, 1.82) is 0 Å². The van der Waals surface area contributed by atoms with Crippen molar-refractivity contribution < 1.29 is 9.53 Å². The SMILES string of the molecule is Cc1ncc(C(=O)N2CCOC3(CCc4ccccc43)C2)c(C)n1. The van der Waals surface area contributed by atoms with E-state index in [4.69, 9.17) is 4.74 Å². The van der Waals surface area contributed by atoms with Gasteiger partial charge in [-0.25, -0.2) is 9.97 Å². The number of hydrogen-bond donors (Lipinski definition) is 0. The fourth-order valence-corrected chi connectivity index (χ4v) is 3.89. The van der Waals surface area contributed by atoms with Crippen molar-refractivity contribution in [1.82, 2.24) is 14.9 Å². The van der Waals surface area contributed by atoms with Crippen LogP contribution in [0.2, 0.25) is 0 Å². The molecule has 4 rings (SSSR count). The number of amides is 1. The van der Waals surface area contributed by atoms with Crippen LogP contribution in [-0.4, -0.2) is 40.5 Å². The number of nitrogens with zero attached hydrogens (tertiary/aromatic N) is 3. The lowest BCUT2D eigenvalue weighted by Crippen LogP contribution is -2.51. The Hall–Kier alpha value is -2.27. The standard InChI is InChI=1S/C19H21N3O2/c1-13-16(11-20-14(2)21-13)18(23)22-9-10-24-19(12-22)8-7-15-5-3-4-6-17(15)19/h3-6,11H,7-10,12H2,1-2H3. The number of aromatic nitrogens is 2. The first-order valence-corrected chi connectivity index (χ1v) is 8.41. The summed E-state index contributed by atoms with van der Waals surface area (Å²) in [5.74, 6) is 0.687. The third-order valence-electron chi connectivity index (χ3n) is 5.11. The summed E-state index contributed by atoms with van der Waals surface area (Å²) in [6, 6.07) is 8.41. The summed E-state index contributed by atoms with van der Waals surface area (Å²) < 4.78 is 6.19. The van der Waals surface area contributed by atoms with E-state index in [-0.39, 0.29) is 11.5 Å².